The summed E-state index contributed by atoms with van der Waals surface area (Å²) in [5.74, 6) is 0.915. The number of benzene rings is 1. The number of hydrogen-bond donors (Lipinski definition) is 1. The van der Waals surface area contributed by atoms with Crippen LogP contribution in [0.25, 0.3) is 10.9 Å². The van der Waals surface area contributed by atoms with Gasteiger partial charge in [-0.05, 0) is 24.3 Å². The highest BCUT2D eigenvalue weighted by molar-refractivity contribution is 5.80. The Hall–Kier alpha value is -1.48. The lowest BCUT2D eigenvalue weighted by Crippen LogP contribution is -2.00. The molecule has 15 heavy (non-hydrogen) atoms. The van der Waals surface area contributed by atoms with Crippen LogP contribution in [0.2, 0.25) is 0 Å². The van der Waals surface area contributed by atoms with Crippen molar-refractivity contribution >= 4 is 10.9 Å². The van der Waals surface area contributed by atoms with Crippen molar-refractivity contribution in [2.24, 2.45) is 0 Å². The largest absolute Gasteiger partial charge is 0.493 e. The van der Waals surface area contributed by atoms with Crippen molar-refractivity contribution in [2.75, 3.05) is 20.3 Å². The summed E-state index contributed by atoms with van der Waals surface area (Å²) in [6, 6.07) is 8.09. The number of hydrogen-bond acceptors (Lipinski definition) is 2. The standard InChI is InChI=1S/C12H15NO2/c1-14-7-2-8-15-11-3-4-12-10(9-11)5-6-13-12/h3-6,9,13H,2,7-8H2,1H3. The molecule has 0 saturated carbocycles. The number of methoxy groups -OCH3 is 1. The van der Waals surface area contributed by atoms with Crippen LogP contribution in [0.1, 0.15) is 6.42 Å². The first-order chi connectivity index (χ1) is 7.40. The first-order valence-electron chi connectivity index (χ1n) is 5.09. The minimum atomic E-state index is 0.698. The molecule has 80 valence electrons. The minimum Gasteiger partial charge on any atom is -0.493 e. The van der Waals surface area contributed by atoms with Gasteiger partial charge in [-0.15, -0.1) is 0 Å². The molecule has 2 aromatic rings. The van der Waals surface area contributed by atoms with Crippen LogP contribution in [-0.2, 0) is 4.74 Å². The molecule has 1 N–H and O–H groups in total. The molecule has 0 aliphatic heterocycles. The maximum atomic E-state index is 5.59. The van der Waals surface area contributed by atoms with E-state index >= 15 is 0 Å². The molecule has 0 spiro atoms. The van der Waals surface area contributed by atoms with Gasteiger partial charge in [0.05, 0.1) is 6.61 Å². The van der Waals surface area contributed by atoms with Crippen LogP contribution in [0.4, 0.5) is 0 Å². The van der Waals surface area contributed by atoms with Crippen molar-refractivity contribution in [1.29, 1.82) is 0 Å². The van der Waals surface area contributed by atoms with Crippen LogP contribution in [0.5, 0.6) is 5.75 Å². The highest BCUT2D eigenvalue weighted by atomic mass is 16.5. The number of aromatic amines is 1. The summed E-state index contributed by atoms with van der Waals surface area (Å²) in [6.45, 7) is 1.44. The zero-order valence-electron chi connectivity index (χ0n) is 8.82. The molecule has 0 amide bonds. The number of ether oxygens (including phenoxy) is 2. The molecule has 1 aromatic carbocycles. The Balaban J connectivity index is 1.96. The maximum Gasteiger partial charge on any atom is 0.120 e. The number of aromatic nitrogens is 1. The third-order valence-corrected chi connectivity index (χ3v) is 2.29. The van der Waals surface area contributed by atoms with Crippen molar-refractivity contribution < 1.29 is 9.47 Å². The summed E-state index contributed by atoms with van der Waals surface area (Å²) in [4.78, 5) is 3.15. The van der Waals surface area contributed by atoms with Crippen LogP contribution in [0.3, 0.4) is 0 Å². The maximum absolute atomic E-state index is 5.59. The molecule has 0 aliphatic rings. The Kier molecular flexibility index (Phi) is 3.25. The SMILES string of the molecule is COCCCOc1ccc2[nH]ccc2c1. The van der Waals surface area contributed by atoms with E-state index in [0.717, 1.165) is 24.3 Å². The van der Waals surface area contributed by atoms with Gasteiger partial charge in [0.15, 0.2) is 0 Å². The van der Waals surface area contributed by atoms with E-state index in [1.807, 2.05) is 30.5 Å². The molecule has 1 heterocycles. The highest BCUT2D eigenvalue weighted by Gasteiger charge is 1.97. The second-order valence-corrected chi connectivity index (χ2v) is 3.42. The number of H-pyrrole nitrogens is 1. The first-order valence-corrected chi connectivity index (χ1v) is 5.09. The Bertz CT molecular complexity index is 422. The number of rotatable bonds is 5. The fourth-order valence-corrected chi connectivity index (χ4v) is 1.51. The van der Waals surface area contributed by atoms with Crippen molar-refractivity contribution in [2.45, 2.75) is 6.42 Å². The van der Waals surface area contributed by atoms with Crippen LogP contribution in [0, 0.1) is 0 Å². The van der Waals surface area contributed by atoms with Gasteiger partial charge in [0.1, 0.15) is 5.75 Å². The van der Waals surface area contributed by atoms with Crippen LogP contribution in [-0.4, -0.2) is 25.3 Å². The number of nitrogens with one attached hydrogen (secondary N) is 1. The van der Waals surface area contributed by atoms with E-state index < -0.39 is 0 Å². The van der Waals surface area contributed by atoms with Crippen molar-refractivity contribution in [1.82, 2.24) is 4.98 Å². The summed E-state index contributed by atoms with van der Waals surface area (Å²) in [6.07, 6.45) is 2.85. The molecule has 3 heteroatoms. The van der Waals surface area contributed by atoms with Crippen molar-refractivity contribution in [3.63, 3.8) is 0 Å². The van der Waals surface area contributed by atoms with Gasteiger partial charge in [-0.25, -0.2) is 0 Å². The predicted octanol–water partition coefficient (Wildman–Crippen LogP) is 2.58. The predicted molar refractivity (Wildman–Crippen MR) is 60.3 cm³/mol. The van der Waals surface area contributed by atoms with Crippen molar-refractivity contribution in [3.8, 4) is 5.75 Å². The molecular weight excluding hydrogens is 190 g/mol. The van der Waals surface area contributed by atoms with Crippen LogP contribution < -0.4 is 4.74 Å². The second kappa shape index (κ2) is 4.84. The van der Waals surface area contributed by atoms with E-state index in [1.165, 1.54) is 5.39 Å². The zero-order valence-corrected chi connectivity index (χ0v) is 8.82. The summed E-state index contributed by atoms with van der Waals surface area (Å²) in [7, 11) is 1.70. The van der Waals surface area contributed by atoms with E-state index in [-0.39, 0.29) is 0 Å². The summed E-state index contributed by atoms with van der Waals surface area (Å²) in [5, 5.41) is 1.18. The lowest BCUT2D eigenvalue weighted by atomic mass is 10.2. The van der Waals surface area contributed by atoms with Gasteiger partial charge in [-0.1, -0.05) is 0 Å². The number of fused-ring (bicyclic) bond motifs is 1. The average molecular weight is 205 g/mol. The second-order valence-electron chi connectivity index (χ2n) is 3.42. The Labute approximate surface area is 89.0 Å². The normalized spacial score (nSPS) is 10.7. The third kappa shape index (κ3) is 2.50. The van der Waals surface area contributed by atoms with Gasteiger partial charge in [-0.3, -0.25) is 0 Å². The molecule has 0 bridgehead atoms. The minimum absolute atomic E-state index is 0.698. The smallest absolute Gasteiger partial charge is 0.120 e. The summed E-state index contributed by atoms with van der Waals surface area (Å²) in [5.41, 5.74) is 1.14. The molecule has 0 fully saturated rings. The Morgan fingerprint density at radius 3 is 3.00 bits per heavy atom. The van der Waals surface area contributed by atoms with Gasteiger partial charge in [0.25, 0.3) is 0 Å². The molecule has 2 rings (SSSR count). The molecule has 0 unspecified atom stereocenters. The van der Waals surface area contributed by atoms with Crippen molar-refractivity contribution in [3.05, 3.63) is 30.5 Å². The molecule has 0 radical (unpaired) electrons. The van der Waals surface area contributed by atoms with Crippen LogP contribution in [0.15, 0.2) is 30.5 Å². The van der Waals surface area contributed by atoms with Gasteiger partial charge < -0.3 is 14.5 Å². The third-order valence-electron chi connectivity index (χ3n) is 2.29. The fraction of sp³-hybridized carbons (Fsp3) is 0.333. The lowest BCUT2D eigenvalue weighted by molar-refractivity contribution is 0.172. The topological polar surface area (TPSA) is 34.2 Å². The monoisotopic (exact) mass is 205 g/mol. The van der Waals surface area contributed by atoms with Gasteiger partial charge >= 0.3 is 0 Å². The fourth-order valence-electron chi connectivity index (χ4n) is 1.51. The van der Waals surface area contributed by atoms with Crippen LogP contribution >= 0.6 is 0 Å². The average Bonchev–Trinajstić information content (AvgIpc) is 2.71. The molecule has 0 saturated heterocycles. The Morgan fingerprint density at radius 1 is 1.20 bits per heavy atom. The molecule has 3 nitrogen and oxygen atoms in total. The van der Waals surface area contributed by atoms with E-state index in [0.29, 0.717) is 6.61 Å². The molecule has 0 aliphatic carbocycles. The van der Waals surface area contributed by atoms with Gasteiger partial charge in [0.2, 0.25) is 0 Å². The van der Waals surface area contributed by atoms with E-state index in [1.54, 1.807) is 7.11 Å². The van der Waals surface area contributed by atoms with Gasteiger partial charge in [-0.2, -0.15) is 0 Å². The van der Waals surface area contributed by atoms with E-state index in [4.69, 9.17) is 9.47 Å². The lowest BCUT2D eigenvalue weighted by Gasteiger charge is -2.05. The quantitative estimate of drug-likeness (QED) is 0.761. The first kappa shape index (κ1) is 10.1. The van der Waals surface area contributed by atoms with E-state index in [9.17, 15) is 0 Å². The molecular formula is C12H15NO2. The molecule has 0 atom stereocenters. The summed E-state index contributed by atoms with van der Waals surface area (Å²) >= 11 is 0. The summed E-state index contributed by atoms with van der Waals surface area (Å²) < 4.78 is 10.5. The molecule has 1 aromatic heterocycles. The van der Waals surface area contributed by atoms with E-state index in [2.05, 4.69) is 4.98 Å². The Morgan fingerprint density at radius 2 is 2.13 bits per heavy atom. The zero-order chi connectivity index (χ0) is 10.5. The van der Waals surface area contributed by atoms with Gasteiger partial charge in [0, 0.05) is 37.2 Å². The highest BCUT2D eigenvalue weighted by Crippen LogP contribution is 2.19.